The highest BCUT2D eigenvalue weighted by atomic mass is 31.2. The van der Waals surface area contributed by atoms with Gasteiger partial charge in [0.25, 0.3) is 11.8 Å². The van der Waals surface area contributed by atoms with Gasteiger partial charge in [-0.05, 0) is 41.9 Å². The molecule has 0 spiro atoms. The molecule has 0 aliphatic carbocycles. The average Bonchev–Trinajstić information content (AvgIpc) is 3.16. The topological polar surface area (TPSA) is 54.5 Å². The second kappa shape index (κ2) is 9.32. The third-order valence-electron chi connectivity index (χ3n) is 6.52. The maximum Gasteiger partial charge on any atom is 0.261 e. The smallest absolute Gasteiger partial charge is 0.261 e. The highest BCUT2D eigenvalue weighted by Gasteiger charge is 2.38. The highest BCUT2D eigenvalue weighted by Crippen LogP contribution is 2.46. The van der Waals surface area contributed by atoms with Crippen molar-refractivity contribution in [3.05, 3.63) is 126 Å². The SMILES string of the molecule is CC(C(=O)CN1C(=O)c2ccccc2C1=O)=P(c1ccccc1)(c1ccccc1)c1ccccc1. The van der Waals surface area contributed by atoms with Crippen LogP contribution in [0.3, 0.4) is 0 Å². The van der Waals surface area contributed by atoms with Gasteiger partial charge in [-0.25, -0.2) is 0 Å². The molecule has 4 aromatic carbocycles. The lowest BCUT2D eigenvalue weighted by atomic mass is 10.1. The number of ketones is 1. The maximum atomic E-state index is 14.0. The Morgan fingerprint density at radius 3 is 1.31 bits per heavy atom. The summed E-state index contributed by atoms with van der Waals surface area (Å²) in [4.78, 5) is 41.0. The first-order valence-corrected chi connectivity index (χ1v) is 13.2. The number of amides is 2. The van der Waals surface area contributed by atoms with Crippen molar-refractivity contribution in [2.75, 3.05) is 6.54 Å². The van der Waals surface area contributed by atoms with E-state index in [1.165, 1.54) is 0 Å². The summed E-state index contributed by atoms with van der Waals surface area (Å²) in [5.41, 5.74) is 0.691. The van der Waals surface area contributed by atoms with Gasteiger partial charge in [0.1, 0.15) is 0 Å². The van der Waals surface area contributed by atoms with Crippen LogP contribution in [0.2, 0.25) is 0 Å². The van der Waals surface area contributed by atoms with E-state index < -0.39 is 18.7 Å². The molecule has 35 heavy (non-hydrogen) atoms. The monoisotopic (exact) mass is 477 g/mol. The molecule has 0 unspecified atom stereocenters. The van der Waals surface area contributed by atoms with E-state index in [-0.39, 0.29) is 12.3 Å². The molecular weight excluding hydrogens is 453 g/mol. The molecule has 5 rings (SSSR count). The number of carbonyl (C=O) groups is 3. The third kappa shape index (κ3) is 3.77. The molecule has 0 saturated carbocycles. The summed E-state index contributed by atoms with van der Waals surface area (Å²) in [6, 6.07) is 36.9. The number of hydrogen-bond acceptors (Lipinski definition) is 3. The predicted octanol–water partition coefficient (Wildman–Crippen LogP) is 4.04. The van der Waals surface area contributed by atoms with Crippen LogP contribution >= 0.6 is 6.89 Å². The molecule has 0 atom stereocenters. The molecule has 4 nitrogen and oxygen atoms in total. The summed E-state index contributed by atoms with van der Waals surface area (Å²) < 4.78 is 0. The van der Waals surface area contributed by atoms with Gasteiger partial charge in [0.15, 0.2) is 5.78 Å². The summed E-state index contributed by atoms with van der Waals surface area (Å²) in [5, 5.41) is 3.79. The summed E-state index contributed by atoms with van der Waals surface area (Å²) in [7, 11) is 0. The van der Waals surface area contributed by atoms with E-state index in [0.717, 1.165) is 20.8 Å². The highest BCUT2D eigenvalue weighted by molar-refractivity contribution is 7.96. The minimum atomic E-state index is -2.55. The maximum absolute atomic E-state index is 14.0. The molecule has 0 radical (unpaired) electrons. The molecular formula is C30H24NO3P. The van der Waals surface area contributed by atoms with Crippen LogP contribution in [0.25, 0.3) is 0 Å². The van der Waals surface area contributed by atoms with E-state index in [1.54, 1.807) is 24.3 Å². The molecule has 0 N–H and O–H groups in total. The van der Waals surface area contributed by atoms with Gasteiger partial charge in [-0.1, -0.05) is 103 Å². The zero-order valence-corrected chi connectivity index (χ0v) is 20.2. The van der Waals surface area contributed by atoms with Crippen molar-refractivity contribution in [3.63, 3.8) is 0 Å². The van der Waals surface area contributed by atoms with Crippen LogP contribution in [0.5, 0.6) is 0 Å². The molecule has 172 valence electrons. The fourth-order valence-corrected chi connectivity index (χ4v) is 9.17. The zero-order valence-electron chi connectivity index (χ0n) is 19.3. The molecule has 1 aliphatic rings. The van der Waals surface area contributed by atoms with Crippen LogP contribution < -0.4 is 15.9 Å². The zero-order chi connectivity index (χ0) is 24.4. The summed E-state index contributed by atoms with van der Waals surface area (Å²) >= 11 is 0. The van der Waals surface area contributed by atoms with E-state index in [1.807, 2.05) is 61.5 Å². The fraction of sp³-hybridized carbons (Fsp3) is 0.0667. The lowest BCUT2D eigenvalue weighted by Crippen LogP contribution is -2.40. The third-order valence-corrected chi connectivity index (χ3v) is 11.0. The lowest BCUT2D eigenvalue weighted by Gasteiger charge is -2.31. The van der Waals surface area contributed by atoms with Crippen LogP contribution in [0.4, 0.5) is 0 Å². The number of Topliss-reactive ketones (excluding diaryl/α,β-unsaturated/α-hetero) is 1. The summed E-state index contributed by atoms with van der Waals surface area (Å²) in [6.45, 7) is -0.975. The first kappa shape index (κ1) is 22.8. The predicted molar refractivity (Wildman–Crippen MR) is 143 cm³/mol. The van der Waals surface area contributed by atoms with Crippen LogP contribution in [0.1, 0.15) is 27.6 Å². The number of nitrogens with zero attached hydrogens (tertiary/aromatic N) is 1. The van der Waals surface area contributed by atoms with Crippen LogP contribution in [-0.4, -0.2) is 34.3 Å². The summed E-state index contributed by atoms with van der Waals surface area (Å²) in [5.74, 6) is -1.06. The number of carbonyl (C=O) groups excluding carboxylic acids is 3. The van der Waals surface area contributed by atoms with Gasteiger partial charge in [0.2, 0.25) is 0 Å². The Balaban J connectivity index is 1.71. The number of rotatable bonds is 6. The Hall–Kier alpha value is -4.01. The van der Waals surface area contributed by atoms with Gasteiger partial charge in [-0.2, -0.15) is 0 Å². The van der Waals surface area contributed by atoms with Crippen molar-refractivity contribution in [2.24, 2.45) is 0 Å². The average molecular weight is 478 g/mol. The minimum absolute atomic E-state index is 0.218. The Morgan fingerprint density at radius 1 is 0.600 bits per heavy atom. The van der Waals surface area contributed by atoms with Crippen molar-refractivity contribution in [1.29, 1.82) is 0 Å². The molecule has 0 aromatic heterocycles. The van der Waals surface area contributed by atoms with E-state index in [4.69, 9.17) is 0 Å². The molecule has 0 bridgehead atoms. The molecule has 2 amide bonds. The van der Waals surface area contributed by atoms with Crippen LogP contribution in [0, 0.1) is 0 Å². The number of fused-ring (bicyclic) bond motifs is 1. The van der Waals surface area contributed by atoms with Crippen molar-refractivity contribution < 1.29 is 14.4 Å². The summed E-state index contributed by atoms with van der Waals surface area (Å²) in [6.07, 6.45) is 0. The fourth-order valence-electron chi connectivity index (χ4n) is 4.81. The van der Waals surface area contributed by atoms with Crippen molar-refractivity contribution in [3.8, 4) is 0 Å². The minimum Gasteiger partial charge on any atom is -0.292 e. The van der Waals surface area contributed by atoms with Crippen molar-refractivity contribution in [1.82, 2.24) is 4.90 Å². The van der Waals surface area contributed by atoms with Gasteiger partial charge in [0, 0.05) is 5.29 Å². The number of imide groups is 1. The van der Waals surface area contributed by atoms with E-state index in [0.29, 0.717) is 16.4 Å². The Bertz CT molecular complexity index is 1340. The first-order valence-electron chi connectivity index (χ1n) is 11.4. The van der Waals surface area contributed by atoms with Gasteiger partial charge in [-0.3, -0.25) is 19.3 Å². The molecule has 0 saturated heterocycles. The standard InChI is InChI=1S/C30H24NO3P/c1-22(28(32)21-31-29(33)26-19-11-12-20-27(26)30(31)34)35(23-13-5-2-6-14-23,24-15-7-3-8-16-24)25-17-9-4-10-18-25/h2-20H,21H2,1H3. The van der Waals surface area contributed by atoms with E-state index >= 15 is 0 Å². The first-order chi connectivity index (χ1) is 17.0. The van der Waals surface area contributed by atoms with E-state index in [2.05, 4.69) is 36.4 Å². The molecule has 0 fully saturated rings. The lowest BCUT2D eigenvalue weighted by molar-refractivity contribution is -0.113. The molecule has 1 heterocycles. The number of benzene rings is 4. The second-order valence-electron chi connectivity index (χ2n) is 8.43. The Labute approximate surface area is 204 Å². The Kier molecular flexibility index (Phi) is 6.07. The quantitative estimate of drug-likeness (QED) is 0.311. The van der Waals surface area contributed by atoms with E-state index in [9.17, 15) is 14.4 Å². The van der Waals surface area contributed by atoms with Gasteiger partial charge < -0.3 is 0 Å². The van der Waals surface area contributed by atoms with Gasteiger partial charge in [0.05, 0.1) is 17.7 Å². The molecule has 5 heteroatoms. The van der Waals surface area contributed by atoms with Crippen LogP contribution in [-0.2, 0) is 4.79 Å². The normalized spacial score (nSPS) is 13.0. The molecule has 1 aliphatic heterocycles. The van der Waals surface area contributed by atoms with Crippen LogP contribution in [0.15, 0.2) is 115 Å². The largest absolute Gasteiger partial charge is 0.292 e. The molecule has 4 aromatic rings. The Morgan fingerprint density at radius 2 is 0.943 bits per heavy atom. The van der Waals surface area contributed by atoms with Crippen molar-refractivity contribution >= 4 is 45.7 Å². The van der Waals surface area contributed by atoms with Crippen molar-refractivity contribution in [2.45, 2.75) is 6.92 Å². The van der Waals surface area contributed by atoms with Gasteiger partial charge >= 0.3 is 0 Å². The number of hydrogen-bond donors (Lipinski definition) is 0. The second-order valence-corrected chi connectivity index (χ2v) is 12.0. The van der Waals surface area contributed by atoms with Gasteiger partial charge in [-0.15, -0.1) is 0 Å².